The summed E-state index contributed by atoms with van der Waals surface area (Å²) < 4.78 is 2.07. The molecule has 78 valence electrons. The van der Waals surface area contributed by atoms with Crippen LogP contribution >= 0.6 is 0 Å². The van der Waals surface area contributed by atoms with Crippen molar-refractivity contribution in [3.63, 3.8) is 0 Å². The molecule has 1 atom stereocenters. The molecule has 1 aromatic heterocycles. The Morgan fingerprint density at radius 3 is 3.14 bits per heavy atom. The van der Waals surface area contributed by atoms with Crippen molar-refractivity contribution in [1.29, 1.82) is 0 Å². The Morgan fingerprint density at radius 1 is 1.57 bits per heavy atom. The first kappa shape index (κ1) is 9.65. The van der Waals surface area contributed by atoms with Gasteiger partial charge in [0.05, 0.1) is 0 Å². The van der Waals surface area contributed by atoms with Gasteiger partial charge in [-0.2, -0.15) is 5.10 Å². The molecular formula is C10H18N4. The van der Waals surface area contributed by atoms with E-state index in [4.69, 9.17) is 5.73 Å². The zero-order chi connectivity index (χ0) is 9.97. The summed E-state index contributed by atoms with van der Waals surface area (Å²) in [5, 5.41) is 4.47. The lowest BCUT2D eigenvalue weighted by atomic mass is 9.96. The molecule has 1 aliphatic rings. The average Bonchev–Trinajstić information content (AvgIpc) is 2.60. The van der Waals surface area contributed by atoms with Crippen LogP contribution in [0.15, 0.2) is 0 Å². The van der Waals surface area contributed by atoms with Gasteiger partial charge in [-0.3, -0.25) is 0 Å². The van der Waals surface area contributed by atoms with Crippen molar-refractivity contribution in [2.45, 2.75) is 39.2 Å². The average molecular weight is 194 g/mol. The summed E-state index contributed by atoms with van der Waals surface area (Å²) in [4.78, 5) is 4.48. The third kappa shape index (κ3) is 1.80. The molecule has 0 saturated heterocycles. The van der Waals surface area contributed by atoms with E-state index in [1.807, 2.05) is 0 Å². The normalized spacial score (nSPS) is 20.9. The Bertz CT molecular complexity index is 305. The van der Waals surface area contributed by atoms with Crippen molar-refractivity contribution < 1.29 is 0 Å². The maximum absolute atomic E-state index is 5.57. The Balaban J connectivity index is 2.09. The maximum Gasteiger partial charge on any atom is 0.150 e. The fourth-order valence-corrected chi connectivity index (χ4v) is 2.05. The van der Waals surface area contributed by atoms with Crippen LogP contribution in [-0.2, 0) is 19.4 Å². The molecule has 0 aromatic carbocycles. The molecule has 0 fully saturated rings. The van der Waals surface area contributed by atoms with Crippen LogP contribution in [0, 0.1) is 5.92 Å². The van der Waals surface area contributed by atoms with E-state index in [2.05, 4.69) is 21.7 Å². The summed E-state index contributed by atoms with van der Waals surface area (Å²) in [6.07, 6.45) is 4.33. The van der Waals surface area contributed by atoms with E-state index in [0.29, 0.717) is 5.92 Å². The van der Waals surface area contributed by atoms with Gasteiger partial charge in [0.1, 0.15) is 5.82 Å². The van der Waals surface area contributed by atoms with Gasteiger partial charge >= 0.3 is 0 Å². The number of aryl methyl sites for hydroxylation is 2. The van der Waals surface area contributed by atoms with E-state index in [1.54, 1.807) is 0 Å². The first-order valence-corrected chi connectivity index (χ1v) is 5.46. The highest BCUT2D eigenvalue weighted by Crippen LogP contribution is 2.20. The number of fused-ring (bicyclic) bond motifs is 1. The summed E-state index contributed by atoms with van der Waals surface area (Å²) in [6.45, 7) is 3.90. The number of aromatic nitrogens is 3. The number of hydrogen-bond acceptors (Lipinski definition) is 3. The number of rotatable bonds is 3. The first-order valence-electron chi connectivity index (χ1n) is 5.46. The van der Waals surface area contributed by atoms with Crippen LogP contribution in [0.5, 0.6) is 0 Å². The Labute approximate surface area is 84.5 Å². The predicted octanol–water partition coefficient (Wildman–Crippen LogP) is 0.752. The zero-order valence-electron chi connectivity index (χ0n) is 8.74. The van der Waals surface area contributed by atoms with Crippen molar-refractivity contribution in [2.24, 2.45) is 11.7 Å². The molecule has 4 nitrogen and oxygen atoms in total. The lowest BCUT2D eigenvalue weighted by Gasteiger charge is -2.21. The first-order chi connectivity index (χ1) is 6.83. The highest BCUT2D eigenvalue weighted by Gasteiger charge is 2.20. The molecule has 0 amide bonds. The minimum Gasteiger partial charge on any atom is -0.330 e. The number of hydrogen-bond donors (Lipinski definition) is 1. The summed E-state index contributed by atoms with van der Waals surface area (Å²) in [5.41, 5.74) is 5.57. The van der Waals surface area contributed by atoms with E-state index in [9.17, 15) is 0 Å². The second kappa shape index (κ2) is 4.09. The highest BCUT2D eigenvalue weighted by molar-refractivity contribution is 4.96. The molecule has 0 bridgehead atoms. The van der Waals surface area contributed by atoms with Gasteiger partial charge in [0.2, 0.25) is 0 Å². The van der Waals surface area contributed by atoms with Crippen LogP contribution in [0.1, 0.15) is 31.4 Å². The van der Waals surface area contributed by atoms with Crippen molar-refractivity contribution in [2.75, 3.05) is 6.54 Å². The molecule has 2 N–H and O–H groups in total. The van der Waals surface area contributed by atoms with Gasteiger partial charge in [-0.05, 0) is 25.3 Å². The van der Waals surface area contributed by atoms with Crippen molar-refractivity contribution in [3.8, 4) is 0 Å². The topological polar surface area (TPSA) is 56.7 Å². The standard InChI is InChI=1S/C10H18N4/c1-2-9-12-10-4-3-8(5-6-11)7-14(10)13-9/h8H,2-7,11H2,1H3. The Kier molecular flexibility index (Phi) is 2.82. The van der Waals surface area contributed by atoms with Crippen LogP contribution in [0.4, 0.5) is 0 Å². The van der Waals surface area contributed by atoms with E-state index < -0.39 is 0 Å². The smallest absolute Gasteiger partial charge is 0.150 e. The second-order valence-electron chi connectivity index (χ2n) is 3.96. The van der Waals surface area contributed by atoms with Gasteiger partial charge < -0.3 is 5.73 Å². The van der Waals surface area contributed by atoms with Crippen molar-refractivity contribution in [3.05, 3.63) is 11.6 Å². The minimum absolute atomic E-state index is 0.707. The van der Waals surface area contributed by atoms with Crippen molar-refractivity contribution >= 4 is 0 Å². The van der Waals surface area contributed by atoms with Gasteiger partial charge in [0.25, 0.3) is 0 Å². The molecular weight excluding hydrogens is 176 g/mol. The quantitative estimate of drug-likeness (QED) is 0.772. The molecule has 4 heteroatoms. The van der Waals surface area contributed by atoms with Crippen LogP contribution in [-0.4, -0.2) is 21.3 Å². The molecule has 1 aromatic rings. The Hall–Kier alpha value is -0.900. The monoisotopic (exact) mass is 194 g/mol. The number of nitrogens with zero attached hydrogens (tertiary/aromatic N) is 3. The summed E-state index contributed by atoms with van der Waals surface area (Å²) in [7, 11) is 0. The van der Waals surface area contributed by atoms with Gasteiger partial charge in [0, 0.05) is 19.4 Å². The SMILES string of the molecule is CCc1nc2n(n1)CC(CCN)CC2. The molecule has 1 unspecified atom stereocenters. The lowest BCUT2D eigenvalue weighted by molar-refractivity contribution is 0.328. The van der Waals surface area contributed by atoms with Crippen LogP contribution in [0.2, 0.25) is 0 Å². The van der Waals surface area contributed by atoms with Crippen molar-refractivity contribution in [1.82, 2.24) is 14.8 Å². The third-order valence-electron chi connectivity index (χ3n) is 2.89. The molecule has 0 saturated carbocycles. The second-order valence-corrected chi connectivity index (χ2v) is 3.96. The highest BCUT2D eigenvalue weighted by atomic mass is 15.4. The summed E-state index contributed by atoms with van der Waals surface area (Å²) in [6, 6.07) is 0. The van der Waals surface area contributed by atoms with Crippen LogP contribution in [0.25, 0.3) is 0 Å². The van der Waals surface area contributed by atoms with E-state index in [0.717, 1.165) is 44.0 Å². The minimum atomic E-state index is 0.707. The van der Waals surface area contributed by atoms with Gasteiger partial charge in [-0.1, -0.05) is 6.92 Å². The largest absolute Gasteiger partial charge is 0.330 e. The molecule has 2 heterocycles. The van der Waals surface area contributed by atoms with Crippen LogP contribution in [0.3, 0.4) is 0 Å². The van der Waals surface area contributed by atoms with E-state index in [-0.39, 0.29) is 0 Å². The van der Waals surface area contributed by atoms with Crippen LogP contribution < -0.4 is 5.73 Å². The molecule has 0 spiro atoms. The molecule has 0 aliphatic carbocycles. The molecule has 14 heavy (non-hydrogen) atoms. The van der Waals surface area contributed by atoms with E-state index >= 15 is 0 Å². The lowest BCUT2D eigenvalue weighted by Crippen LogP contribution is -2.23. The third-order valence-corrected chi connectivity index (χ3v) is 2.89. The maximum atomic E-state index is 5.57. The molecule has 2 rings (SSSR count). The van der Waals surface area contributed by atoms with Gasteiger partial charge in [0.15, 0.2) is 5.82 Å². The molecule has 1 aliphatic heterocycles. The Morgan fingerprint density at radius 2 is 2.43 bits per heavy atom. The summed E-state index contributed by atoms with van der Waals surface area (Å²) >= 11 is 0. The van der Waals surface area contributed by atoms with E-state index in [1.165, 1.54) is 6.42 Å². The number of nitrogens with two attached hydrogens (primary N) is 1. The fourth-order valence-electron chi connectivity index (χ4n) is 2.05. The molecule has 0 radical (unpaired) electrons. The summed E-state index contributed by atoms with van der Waals surface area (Å²) in [5.74, 6) is 2.85. The predicted molar refractivity (Wildman–Crippen MR) is 54.9 cm³/mol. The van der Waals surface area contributed by atoms with Gasteiger partial charge in [-0.15, -0.1) is 0 Å². The zero-order valence-corrected chi connectivity index (χ0v) is 8.74. The van der Waals surface area contributed by atoms with Gasteiger partial charge in [-0.25, -0.2) is 9.67 Å². The fraction of sp³-hybridized carbons (Fsp3) is 0.800.